The topological polar surface area (TPSA) is 84.6 Å². The van der Waals surface area contributed by atoms with Gasteiger partial charge in [0, 0.05) is 24.8 Å². The second kappa shape index (κ2) is 5.94. The molecule has 1 aliphatic rings. The van der Waals surface area contributed by atoms with Crippen molar-refractivity contribution < 1.29 is 0 Å². The molecule has 0 aromatic carbocycles. The zero-order valence-electron chi connectivity index (χ0n) is 16.9. The second-order valence-electron chi connectivity index (χ2n) is 8.41. The average molecular weight is 369 g/mol. The molecule has 144 valence electrons. The monoisotopic (exact) mass is 369 g/mol. The summed E-state index contributed by atoms with van der Waals surface area (Å²) in [7, 11) is 1.97. The highest BCUT2D eigenvalue weighted by Gasteiger charge is 2.32. The van der Waals surface area contributed by atoms with Crippen molar-refractivity contribution in [1.82, 2.24) is 29.5 Å². The van der Waals surface area contributed by atoms with Gasteiger partial charge in [-0.05, 0) is 47.5 Å². The maximum Gasteiger partial charge on any atom is 0.263 e. The van der Waals surface area contributed by atoms with Crippen LogP contribution in [0, 0.1) is 13.8 Å². The predicted octanol–water partition coefficient (Wildman–Crippen LogP) is 2.57. The molecule has 8 heteroatoms. The van der Waals surface area contributed by atoms with Crippen LogP contribution in [0.1, 0.15) is 56.6 Å². The molecule has 3 aromatic heterocycles. The van der Waals surface area contributed by atoms with E-state index in [-0.39, 0.29) is 17.1 Å². The van der Waals surface area contributed by atoms with Crippen LogP contribution in [0.15, 0.2) is 11.0 Å². The quantitative estimate of drug-likeness (QED) is 0.750. The Bertz CT molecular complexity index is 1070. The molecule has 0 spiro atoms. The zero-order chi connectivity index (χ0) is 19.5. The van der Waals surface area contributed by atoms with E-state index in [9.17, 15) is 4.79 Å². The van der Waals surface area contributed by atoms with Gasteiger partial charge in [0.2, 0.25) is 5.95 Å². The first-order chi connectivity index (χ1) is 12.7. The van der Waals surface area contributed by atoms with Crippen molar-refractivity contribution in [2.24, 2.45) is 7.05 Å². The molecule has 4 heterocycles. The number of hydrogen-bond donors (Lipinski definition) is 1. The fraction of sp³-hybridized carbons (Fsp3) is 0.579. The summed E-state index contributed by atoms with van der Waals surface area (Å²) in [6, 6.07) is 0.172. The lowest BCUT2D eigenvalue weighted by molar-refractivity contribution is 0.366. The molecule has 1 atom stereocenters. The normalized spacial score (nSPS) is 18.0. The number of nitrogens with one attached hydrogen (secondary N) is 1. The van der Waals surface area contributed by atoms with Crippen LogP contribution in [-0.2, 0) is 12.6 Å². The summed E-state index contributed by atoms with van der Waals surface area (Å²) >= 11 is 0. The van der Waals surface area contributed by atoms with Gasteiger partial charge in [-0.2, -0.15) is 15.2 Å². The third-order valence-electron chi connectivity index (χ3n) is 5.48. The Morgan fingerprint density at radius 2 is 2.00 bits per heavy atom. The number of hydrogen-bond acceptors (Lipinski definition) is 5. The van der Waals surface area contributed by atoms with Crippen LogP contribution in [0.3, 0.4) is 0 Å². The standard InChI is InChI=1S/C19H27N7O/c1-11-15(12(2)24(6)23-11)14-8-7-9-25(14)18-21-16-13(17(27)22-18)10-20-26(16)19(3,4)5/h10,14H,7-9H2,1-6H3,(H,21,22,27). The fourth-order valence-corrected chi connectivity index (χ4v) is 4.13. The molecular weight excluding hydrogens is 342 g/mol. The van der Waals surface area contributed by atoms with Gasteiger partial charge < -0.3 is 4.90 Å². The first-order valence-corrected chi connectivity index (χ1v) is 9.43. The number of H-pyrrole nitrogens is 1. The maximum atomic E-state index is 12.7. The van der Waals surface area contributed by atoms with Crippen LogP contribution in [0.5, 0.6) is 0 Å². The molecular formula is C19H27N7O. The van der Waals surface area contributed by atoms with Crippen molar-refractivity contribution in [1.29, 1.82) is 0 Å². The molecule has 0 amide bonds. The van der Waals surface area contributed by atoms with Crippen LogP contribution < -0.4 is 10.5 Å². The molecule has 1 unspecified atom stereocenters. The van der Waals surface area contributed by atoms with Gasteiger partial charge in [-0.3, -0.25) is 14.5 Å². The predicted molar refractivity (Wildman–Crippen MR) is 105 cm³/mol. The van der Waals surface area contributed by atoms with Gasteiger partial charge in [-0.25, -0.2) is 4.68 Å². The minimum absolute atomic E-state index is 0.143. The van der Waals surface area contributed by atoms with E-state index in [1.165, 1.54) is 5.56 Å². The van der Waals surface area contributed by atoms with Crippen LogP contribution in [0.25, 0.3) is 11.0 Å². The van der Waals surface area contributed by atoms with Crippen LogP contribution in [0.4, 0.5) is 5.95 Å². The van der Waals surface area contributed by atoms with E-state index in [0.717, 1.165) is 30.8 Å². The lowest BCUT2D eigenvalue weighted by Gasteiger charge is -2.26. The summed E-state index contributed by atoms with van der Waals surface area (Å²) in [5.74, 6) is 0.614. The number of aromatic amines is 1. The third kappa shape index (κ3) is 2.74. The zero-order valence-corrected chi connectivity index (χ0v) is 16.9. The molecule has 0 saturated carbocycles. The highest BCUT2D eigenvalue weighted by Crippen LogP contribution is 2.37. The van der Waals surface area contributed by atoms with E-state index >= 15 is 0 Å². The van der Waals surface area contributed by atoms with E-state index < -0.39 is 0 Å². The van der Waals surface area contributed by atoms with Gasteiger partial charge in [0.1, 0.15) is 5.39 Å². The van der Waals surface area contributed by atoms with Crippen molar-refractivity contribution in [2.75, 3.05) is 11.4 Å². The average Bonchev–Trinajstić information content (AvgIpc) is 3.25. The van der Waals surface area contributed by atoms with Crippen LogP contribution in [0.2, 0.25) is 0 Å². The molecule has 1 fully saturated rings. The van der Waals surface area contributed by atoms with Crippen molar-refractivity contribution in [3.05, 3.63) is 33.5 Å². The molecule has 1 saturated heterocycles. The van der Waals surface area contributed by atoms with Gasteiger partial charge in [-0.1, -0.05) is 0 Å². The van der Waals surface area contributed by atoms with Crippen molar-refractivity contribution in [3.8, 4) is 0 Å². The highest BCUT2D eigenvalue weighted by atomic mass is 16.1. The summed E-state index contributed by atoms with van der Waals surface area (Å²) in [4.78, 5) is 22.7. The van der Waals surface area contributed by atoms with E-state index in [1.54, 1.807) is 6.20 Å². The van der Waals surface area contributed by atoms with E-state index in [4.69, 9.17) is 4.98 Å². The van der Waals surface area contributed by atoms with Crippen LogP contribution >= 0.6 is 0 Å². The first-order valence-electron chi connectivity index (χ1n) is 9.43. The molecule has 4 rings (SSSR count). The molecule has 27 heavy (non-hydrogen) atoms. The third-order valence-corrected chi connectivity index (χ3v) is 5.48. The van der Waals surface area contributed by atoms with Crippen LogP contribution in [-0.4, -0.2) is 36.1 Å². The number of rotatable bonds is 2. The molecule has 8 nitrogen and oxygen atoms in total. The largest absolute Gasteiger partial charge is 0.335 e. The number of fused-ring (bicyclic) bond motifs is 1. The summed E-state index contributed by atoms with van der Waals surface area (Å²) in [6.07, 6.45) is 3.68. The van der Waals surface area contributed by atoms with Gasteiger partial charge in [0.25, 0.3) is 5.56 Å². The Kier molecular flexibility index (Phi) is 3.90. The van der Waals surface area contributed by atoms with E-state index in [0.29, 0.717) is 17.0 Å². The Labute approximate surface area is 158 Å². The Morgan fingerprint density at radius 3 is 2.63 bits per heavy atom. The van der Waals surface area contributed by atoms with Crippen molar-refractivity contribution in [3.63, 3.8) is 0 Å². The molecule has 0 radical (unpaired) electrons. The summed E-state index contributed by atoms with van der Waals surface area (Å²) in [5, 5.41) is 9.50. The number of aryl methyl sites for hydroxylation is 2. The van der Waals surface area contributed by atoms with E-state index in [2.05, 4.69) is 47.8 Å². The SMILES string of the molecule is Cc1nn(C)c(C)c1C1CCCN1c1nc2c(cnn2C(C)(C)C)c(=O)[nH]1. The molecule has 0 bridgehead atoms. The molecule has 1 N–H and O–H groups in total. The van der Waals surface area contributed by atoms with Gasteiger partial charge in [-0.15, -0.1) is 0 Å². The molecule has 3 aromatic rings. The molecule has 0 aliphatic carbocycles. The highest BCUT2D eigenvalue weighted by molar-refractivity contribution is 5.75. The van der Waals surface area contributed by atoms with Gasteiger partial charge >= 0.3 is 0 Å². The summed E-state index contributed by atoms with van der Waals surface area (Å²) in [5.41, 5.74) is 3.67. The Morgan fingerprint density at radius 1 is 1.26 bits per heavy atom. The van der Waals surface area contributed by atoms with Crippen molar-refractivity contribution >= 4 is 17.0 Å². The molecule has 1 aliphatic heterocycles. The lowest BCUT2D eigenvalue weighted by atomic mass is 10.0. The second-order valence-corrected chi connectivity index (χ2v) is 8.41. The minimum Gasteiger partial charge on any atom is -0.335 e. The number of nitrogens with zero attached hydrogens (tertiary/aromatic N) is 6. The number of aromatic nitrogens is 6. The first kappa shape index (κ1) is 17.8. The Balaban J connectivity index is 1.85. The van der Waals surface area contributed by atoms with Crippen molar-refractivity contribution in [2.45, 2.75) is 59.0 Å². The van der Waals surface area contributed by atoms with E-state index in [1.807, 2.05) is 23.3 Å². The Hall–Kier alpha value is -2.64. The minimum atomic E-state index is -0.249. The lowest BCUT2D eigenvalue weighted by Crippen LogP contribution is -2.29. The van der Waals surface area contributed by atoms with Gasteiger partial charge in [0.15, 0.2) is 5.65 Å². The maximum absolute atomic E-state index is 12.7. The van der Waals surface area contributed by atoms with Gasteiger partial charge in [0.05, 0.1) is 23.5 Å². The summed E-state index contributed by atoms with van der Waals surface area (Å²) < 4.78 is 3.75. The summed E-state index contributed by atoms with van der Waals surface area (Å²) in [6.45, 7) is 11.2. The number of anilines is 1. The smallest absolute Gasteiger partial charge is 0.263 e. The fourth-order valence-electron chi connectivity index (χ4n) is 4.13.